The molecule has 0 saturated heterocycles. The number of nitriles is 1. The van der Waals surface area contributed by atoms with Crippen LogP contribution in [-0.2, 0) is 0 Å². The third kappa shape index (κ3) is 4.33. The van der Waals surface area contributed by atoms with Gasteiger partial charge in [-0.15, -0.1) is 0 Å². The molecular formula is C30H25NO. The Labute approximate surface area is 190 Å². The molecule has 0 radical (unpaired) electrons. The molecule has 0 amide bonds. The quantitative estimate of drug-likeness (QED) is 0.313. The van der Waals surface area contributed by atoms with Crippen LogP contribution in [0.25, 0.3) is 34.4 Å². The van der Waals surface area contributed by atoms with Crippen LogP contribution in [0.1, 0.15) is 27.8 Å². The second-order valence-electron chi connectivity index (χ2n) is 7.82. The van der Waals surface area contributed by atoms with E-state index in [0.717, 1.165) is 22.4 Å². The number of benzene rings is 4. The normalized spacial score (nSPS) is 10.8. The molecule has 0 atom stereocenters. The number of nitrogens with zero attached hydrogens (tertiary/aromatic N) is 1. The third-order valence-corrected chi connectivity index (χ3v) is 5.79. The summed E-state index contributed by atoms with van der Waals surface area (Å²) in [7, 11) is 1.68. The van der Waals surface area contributed by atoms with Gasteiger partial charge in [0.1, 0.15) is 5.75 Å². The van der Waals surface area contributed by atoms with Gasteiger partial charge in [-0.1, -0.05) is 72.8 Å². The van der Waals surface area contributed by atoms with Gasteiger partial charge in [-0.25, -0.2) is 0 Å². The summed E-state index contributed by atoms with van der Waals surface area (Å²) in [5.41, 5.74) is 10.1. The molecule has 0 fully saturated rings. The van der Waals surface area contributed by atoms with Crippen LogP contribution in [-0.4, -0.2) is 7.11 Å². The van der Waals surface area contributed by atoms with Crippen molar-refractivity contribution in [3.63, 3.8) is 0 Å². The molecule has 4 aromatic carbocycles. The fourth-order valence-corrected chi connectivity index (χ4v) is 3.97. The summed E-state index contributed by atoms with van der Waals surface area (Å²) in [6.07, 6.45) is 4.42. The number of methoxy groups -OCH3 is 1. The average molecular weight is 416 g/mol. The lowest BCUT2D eigenvalue weighted by Crippen LogP contribution is -1.90. The van der Waals surface area contributed by atoms with Crippen molar-refractivity contribution >= 4 is 12.2 Å². The van der Waals surface area contributed by atoms with E-state index in [-0.39, 0.29) is 0 Å². The topological polar surface area (TPSA) is 33.0 Å². The van der Waals surface area contributed by atoms with Gasteiger partial charge < -0.3 is 4.74 Å². The summed E-state index contributed by atoms with van der Waals surface area (Å²) >= 11 is 0. The molecule has 0 unspecified atom stereocenters. The van der Waals surface area contributed by atoms with Gasteiger partial charge in [0.05, 0.1) is 18.7 Å². The van der Waals surface area contributed by atoms with E-state index in [2.05, 4.69) is 80.6 Å². The molecule has 0 aliphatic rings. The van der Waals surface area contributed by atoms with Gasteiger partial charge in [-0.3, -0.25) is 0 Å². The van der Waals surface area contributed by atoms with Crippen molar-refractivity contribution in [2.24, 2.45) is 0 Å². The minimum absolute atomic E-state index is 0.669. The van der Waals surface area contributed by atoms with Crippen LogP contribution in [0.4, 0.5) is 0 Å². The highest BCUT2D eigenvalue weighted by Crippen LogP contribution is 2.32. The first-order chi connectivity index (χ1) is 15.6. The molecule has 4 rings (SSSR count). The smallest absolute Gasteiger partial charge is 0.118 e. The van der Waals surface area contributed by atoms with Gasteiger partial charge in [0.2, 0.25) is 0 Å². The Morgan fingerprint density at radius 2 is 1.12 bits per heavy atom. The minimum atomic E-state index is 0.669. The summed E-state index contributed by atoms with van der Waals surface area (Å²) in [5, 5.41) is 9.12. The summed E-state index contributed by atoms with van der Waals surface area (Å²) in [5.74, 6) is 0.852. The first-order valence-electron chi connectivity index (χ1n) is 10.6. The highest BCUT2D eigenvalue weighted by Gasteiger charge is 2.09. The van der Waals surface area contributed by atoms with Crippen molar-refractivity contribution in [1.29, 1.82) is 5.26 Å². The molecule has 4 aromatic rings. The summed E-state index contributed by atoms with van der Waals surface area (Å²) < 4.78 is 5.32. The lowest BCUT2D eigenvalue weighted by Gasteiger charge is -2.12. The Morgan fingerprint density at radius 3 is 1.56 bits per heavy atom. The first-order valence-corrected chi connectivity index (χ1v) is 10.6. The van der Waals surface area contributed by atoms with E-state index in [9.17, 15) is 0 Å². The molecule has 0 saturated carbocycles. The van der Waals surface area contributed by atoms with Gasteiger partial charge >= 0.3 is 0 Å². The maximum absolute atomic E-state index is 9.12. The fourth-order valence-electron chi connectivity index (χ4n) is 3.97. The van der Waals surface area contributed by atoms with E-state index in [4.69, 9.17) is 10.00 Å². The fraction of sp³-hybridized carbons (Fsp3) is 0.100. The molecule has 2 nitrogen and oxygen atoms in total. The molecule has 0 aliphatic heterocycles. The zero-order chi connectivity index (χ0) is 22.5. The van der Waals surface area contributed by atoms with E-state index in [1.807, 2.05) is 36.4 Å². The standard InChI is InChI=1S/C30H25NO/c1-21-6-4-8-29(24-12-10-23(20-31)11-13-24)27(21)18-19-28-22(2)7-5-9-30(28)25-14-16-26(32-3)17-15-25/h4-19H,1-3H3/b19-18-. The predicted octanol–water partition coefficient (Wildman–Crippen LogP) is 7.69. The average Bonchev–Trinajstić information content (AvgIpc) is 2.84. The maximum Gasteiger partial charge on any atom is 0.118 e. The van der Waals surface area contributed by atoms with Crippen molar-refractivity contribution in [3.05, 3.63) is 113 Å². The Bertz CT molecular complexity index is 1310. The highest BCUT2D eigenvalue weighted by atomic mass is 16.5. The highest BCUT2D eigenvalue weighted by molar-refractivity contribution is 5.87. The van der Waals surface area contributed by atoms with E-state index >= 15 is 0 Å². The number of aryl methyl sites for hydroxylation is 2. The second kappa shape index (κ2) is 9.37. The van der Waals surface area contributed by atoms with Crippen molar-refractivity contribution in [1.82, 2.24) is 0 Å². The van der Waals surface area contributed by atoms with E-state index in [0.29, 0.717) is 5.56 Å². The summed E-state index contributed by atoms with van der Waals surface area (Å²) in [4.78, 5) is 0. The zero-order valence-corrected chi connectivity index (χ0v) is 18.6. The molecule has 0 spiro atoms. The van der Waals surface area contributed by atoms with Crippen LogP contribution in [0.3, 0.4) is 0 Å². The number of rotatable bonds is 5. The number of hydrogen-bond donors (Lipinski definition) is 0. The zero-order valence-electron chi connectivity index (χ0n) is 18.6. The summed E-state index contributed by atoms with van der Waals surface area (Å²) in [6, 6.07) is 30.9. The molecule has 0 aliphatic carbocycles. The molecule has 32 heavy (non-hydrogen) atoms. The van der Waals surface area contributed by atoms with Gasteiger partial charge in [0, 0.05) is 0 Å². The van der Waals surface area contributed by atoms with Crippen LogP contribution >= 0.6 is 0 Å². The predicted molar refractivity (Wildman–Crippen MR) is 133 cm³/mol. The van der Waals surface area contributed by atoms with Crippen molar-refractivity contribution in [2.45, 2.75) is 13.8 Å². The molecular weight excluding hydrogens is 390 g/mol. The molecule has 0 N–H and O–H groups in total. The van der Waals surface area contributed by atoms with Gasteiger partial charge in [0.25, 0.3) is 0 Å². The Balaban J connectivity index is 1.78. The van der Waals surface area contributed by atoms with Crippen molar-refractivity contribution in [2.75, 3.05) is 7.11 Å². The first kappa shape index (κ1) is 21.2. The van der Waals surface area contributed by atoms with Crippen LogP contribution in [0, 0.1) is 25.2 Å². The van der Waals surface area contributed by atoms with Gasteiger partial charge in [-0.2, -0.15) is 5.26 Å². The molecule has 2 heteroatoms. The van der Waals surface area contributed by atoms with Crippen molar-refractivity contribution < 1.29 is 4.74 Å². The Hall–Kier alpha value is -4.09. The van der Waals surface area contributed by atoms with Gasteiger partial charge in [-0.05, 0) is 82.6 Å². The number of ether oxygens (including phenoxy) is 1. The molecule has 0 bridgehead atoms. The van der Waals surface area contributed by atoms with E-state index in [1.54, 1.807) is 7.11 Å². The summed E-state index contributed by atoms with van der Waals surface area (Å²) in [6.45, 7) is 4.28. The minimum Gasteiger partial charge on any atom is -0.497 e. The molecule has 156 valence electrons. The number of hydrogen-bond acceptors (Lipinski definition) is 2. The Kier molecular flexibility index (Phi) is 6.19. The van der Waals surface area contributed by atoms with Crippen LogP contribution in [0.15, 0.2) is 84.9 Å². The second-order valence-corrected chi connectivity index (χ2v) is 7.82. The monoisotopic (exact) mass is 415 g/mol. The van der Waals surface area contributed by atoms with E-state index < -0.39 is 0 Å². The molecule has 0 aromatic heterocycles. The molecule has 0 heterocycles. The lowest BCUT2D eigenvalue weighted by atomic mass is 9.92. The van der Waals surface area contributed by atoms with Crippen LogP contribution < -0.4 is 4.74 Å². The SMILES string of the molecule is COc1ccc(-c2cccc(C)c2/C=C\c2c(C)cccc2-c2ccc(C#N)cc2)cc1. The van der Waals surface area contributed by atoms with Gasteiger partial charge in [0.15, 0.2) is 0 Å². The largest absolute Gasteiger partial charge is 0.497 e. The van der Waals surface area contributed by atoms with E-state index in [1.165, 1.54) is 27.8 Å². The Morgan fingerprint density at radius 1 is 0.656 bits per heavy atom. The lowest BCUT2D eigenvalue weighted by molar-refractivity contribution is 0.415. The van der Waals surface area contributed by atoms with Crippen molar-refractivity contribution in [3.8, 4) is 34.1 Å². The maximum atomic E-state index is 9.12. The van der Waals surface area contributed by atoms with Crippen LogP contribution in [0.2, 0.25) is 0 Å². The van der Waals surface area contributed by atoms with Crippen LogP contribution in [0.5, 0.6) is 5.75 Å². The third-order valence-electron chi connectivity index (χ3n) is 5.79.